The van der Waals surface area contributed by atoms with Crippen molar-refractivity contribution in [2.75, 3.05) is 24.3 Å². The number of phenolic OH excluding ortho intramolecular Hbond substituents is 2. The van der Waals surface area contributed by atoms with Crippen molar-refractivity contribution in [3.8, 4) is 11.5 Å². The van der Waals surface area contributed by atoms with Crippen molar-refractivity contribution in [3.63, 3.8) is 0 Å². The smallest absolute Gasteiger partial charge is 0.124 e. The SMILES string of the molecule is CN(C)c1ccc(NCc2ccc(O)cc2O)cc1. The zero-order valence-electron chi connectivity index (χ0n) is 11.1. The van der Waals surface area contributed by atoms with E-state index in [-0.39, 0.29) is 11.5 Å². The third-order valence-corrected chi connectivity index (χ3v) is 2.94. The third kappa shape index (κ3) is 3.31. The van der Waals surface area contributed by atoms with Crippen LogP contribution in [0.15, 0.2) is 42.5 Å². The third-order valence-electron chi connectivity index (χ3n) is 2.94. The Hall–Kier alpha value is -2.36. The Morgan fingerprint density at radius 2 is 1.68 bits per heavy atom. The highest BCUT2D eigenvalue weighted by Gasteiger charge is 2.02. The Morgan fingerprint density at radius 1 is 1.00 bits per heavy atom. The summed E-state index contributed by atoms with van der Waals surface area (Å²) in [4.78, 5) is 2.04. The summed E-state index contributed by atoms with van der Waals surface area (Å²) in [6.45, 7) is 0.507. The summed E-state index contributed by atoms with van der Waals surface area (Å²) in [5.74, 6) is 0.161. The van der Waals surface area contributed by atoms with Crippen molar-refractivity contribution >= 4 is 11.4 Å². The summed E-state index contributed by atoms with van der Waals surface area (Å²) in [6, 6.07) is 12.6. The monoisotopic (exact) mass is 258 g/mol. The van der Waals surface area contributed by atoms with E-state index in [2.05, 4.69) is 5.32 Å². The maximum atomic E-state index is 9.68. The van der Waals surface area contributed by atoms with E-state index in [0.717, 1.165) is 16.9 Å². The highest BCUT2D eigenvalue weighted by molar-refractivity contribution is 5.55. The van der Waals surface area contributed by atoms with E-state index >= 15 is 0 Å². The summed E-state index contributed by atoms with van der Waals surface area (Å²) >= 11 is 0. The Morgan fingerprint density at radius 3 is 2.26 bits per heavy atom. The van der Waals surface area contributed by atoms with E-state index in [9.17, 15) is 10.2 Å². The quantitative estimate of drug-likeness (QED) is 0.789. The molecule has 4 nitrogen and oxygen atoms in total. The molecule has 0 radical (unpaired) electrons. The lowest BCUT2D eigenvalue weighted by molar-refractivity contribution is 0.446. The van der Waals surface area contributed by atoms with E-state index in [4.69, 9.17) is 0 Å². The molecule has 0 unspecified atom stereocenters. The fraction of sp³-hybridized carbons (Fsp3) is 0.200. The molecule has 0 saturated carbocycles. The van der Waals surface area contributed by atoms with Gasteiger partial charge in [-0.25, -0.2) is 0 Å². The second kappa shape index (κ2) is 5.52. The second-order valence-corrected chi connectivity index (χ2v) is 4.61. The van der Waals surface area contributed by atoms with Gasteiger partial charge in [0.25, 0.3) is 0 Å². The first-order valence-corrected chi connectivity index (χ1v) is 6.08. The zero-order chi connectivity index (χ0) is 13.8. The molecule has 0 amide bonds. The molecule has 2 aromatic carbocycles. The van der Waals surface area contributed by atoms with Gasteiger partial charge in [-0.3, -0.25) is 0 Å². The molecule has 0 aliphatic heterocycles. The summed E-state index contributed by atoms with van der Waals surface area (Å²) in [7, 11) is 3.99. The van der Waals surface area contributed by atoms with Crippen LogP contribution in [0, 0.1) is 0 Å². The normalized spacial score (nSPS) is 10.2. The van der Waals surface area contributed by atoms with Crippen LogP contribution < -0.4 is 10.2 Å². The molecule has 0 bridgehead atoms. The summed E-state index contributed by atoms with van der Waals surface area (Å²) in [6.07, 6.45) is 0. The van der Waals surface area contributed by atoms with E-state index < -0.39 is 0 Å². The maximum absolute atomic E-state index is 9.68. The van der Waals surface area contributed by atoms with Gasteiger partial charge in [-0.2, -0.15) is 0 Å². The molecule has 0 aliphatic rings. The van der Waals surface area contributed by atoms with Gasteiger partial charge in [0.05, 0.1) is 0 Å². The van der Waals surface area contributed by atoms with Crippen molar-refractivity contribution in [1.82, 2.24) is 0 Å². The van der Waals surface area contributed by atoms with Crippen LogP contribution in [-0.2, 0) is 6.54 Å². The van der Waals surface area contributed by atoms with Gasteiger partial charge >= 0.3 is 0 Å². The fourth-order valence-electron chi connectivity index (χ4n) is 1.78. The van der Waals surface area contributed by atoms with Crippen molar-refractivity contribution in [2.24, 2.45) is 0 Å². The van der Waals surface area contributed by atoms with Crippen LogP contribution in [-0.4, -0.2) is 24.3 Å². The number of rotatable bonds is 4. The summed E-state index contributed by atoms with van der Waals surface area (Å²) in [5, 5.41) is 22.1. The second-order valence-electron chi connectivity index (χ2n) is 4.61. The molecule has 0 heterocycles. The number of hydrogen-bond donors (Lipinski definition) is 3. The van der Waals surface area contributed by atoms with Crippen LogP contribution >= 0.6 is 0 Å². The fourth-order valence-corrected chi connectivity index (χ4v) is 1.78. The predicted molar refractivity (Wildman–Crippen MR) is 77.9 cm³/mol. The molecule has 0 fully saturated rings. The Labute approximate surface area is 112 Å². The molecule has 0 aliphatic carbocycles. The predicted octanol–water partition coefficient (Wildman–Crippen LogP) is 2.78. The number of nitrogens with one attached hydrogen (secondary N) is 1. The van der Waals surface area contributed by atoms with Crippen molar-refractivity contribution in [1.29, 1.82) is 0 Å². The number of aromatic hydroxyl groups is 2. The standard InChI is InChI=1S/C15H18N2O2/c1-17(2)13-6-4-12(5-7-13)16-10-11-3-8-14(18)9-15(11)19/h3-9,16,18-19H,10H2,1-2H3. The van der Waals surface area contributed by atoms with Gasteiger partial charge in [-0.05, 0) is 36.4 Å². The Balaban J connectivity index is 2.02. The lowest BCUT2D eigenvalue weighted by atomic mass is 10.2. The lowest BCUT2D eigenvalue weighted by Gasteiger charge is -2.13. The van der Waals surface area contributed by atoms with Gasteiger partial charge < -0.3 is 20.4 Å². The van der Waals surface area contributed by atoms with E-state index in [1.807, 2.05) is 43.3 Å². The van der Waals surface area contributed by atoms with E-state index in [0.29, 0.717) is 6.54 Å². The van der Waals surface area contributed by atoms with Crippen LogP contribution in [0.1, 0.15) is 5.56 Å². The molecular formula is C15H18N2O2. The molecule has 2 aromatic rings. The highest BCUT2D eigenvalue weighted by atomic mass is 16.3. The van der Waals surface area contributed by atoms with E-state index in [1.165, 1.54) is 6.07 Å². The van der Waals surface area contributed by atoms with Crippen LogP contribution in [0.25, 0.3) is 0 Å². The van der Waals surface area contributed by atoms with Gasteiger partial charge in [-0.15, -0.1) is 0 Å². The van der Waals surface area contributed by atoms with Crippen LogP contribution in [0.3, 0.4) is 0 Å². The molecule has 100 valence electrons. The number of nitrogens with zero attached hydrogens (tertiary/aromatic N) is 1. The van der Waals surface area contributed by atoms with Gasteiger partial charge in [-0.1, -0.05) is 0 Å². The minimum absolute atomic E-state index is 0.0663. The Bertz CT molecular complexity index is 551. The van der Waals surface area contributed by atoms with E-state index in [1.54, 1.807) is 12.1 Å². The van der Waals surface area contributed by atoms with Crippen molar-refractivity contribution in [2.45, 2.75) is 6.54 Å². The highest BCUT2D eigenvalue weighted by Crippen LogP contribution is 2.23. The summed E-state index contributed by atoms with van der Waals surface area (Å²) < 4.78 is 0. The molecule has 3 N–H and O–H groups in total. The lowest BCUT2D eigenvalue weighted by Crippen LogP contribution is -2.08. The first-order valence-electron chi connectivity index (χ1n) is 6.08. The molecule has 0 saturated heterocycles. The van der Waals surface area contributed by atoms with Crippen molar-refractivity contribution < 1.29 is 10.2 Å². The molecule has 2 rings (SSSR count). The minimum atomic E-state index is 0.0663. The molecular weight excluding hydrogens is 240 g/mol. The number of benzene rings is 2. The molecule has 0 atom stereocenters. The molecule has 0 spiro atoms. The largest absolute Gasteiger partial charge is 0.508 e. The topological polar surface area (TPSA) is 55.7 Å². The van der Waals surface area contributed by atoms with Crippen LogP contribution in [0.5, 0.6) is 11.5 Å². The minimum Gasteiger partial charge on any atom is -0.508 e. The first kappa shape index (κ1) is 13.1. The number of anilines is 2. The first-order chi connectivity index (χ1) is 9.06. The van der Waals surface area contributed by atoms with Gasteiger partial charge in [0.2, 0.25) is 0 Å². The molecule has 0 aromatic heterocycles. The average molecular weight is 258 g/mol. The summed E-state index contributed by atoms with van der Waals surface area (Å²) in [5.41, 5.74) is 2.87. The number of phenols is 2. The van der Waals surface area contributed by atoms with Gasteiger partial charge in [0.1, 0.15) is 11.5 Å². The molecule has 4 heteroatoms. The van der Waals surface area contributed by atoms with Crippen LogP contribution in [0.2, 0.25) is 0 Å². The number of hydrogen-bond acceptors (Lipinski definition) is 4. The average Bonchev–Trinajstić information content (AvgIpc) is 2.38. The van der Waals surface area contributed by atoms with Gasteiger partial charge in [0, 0.05) is 43.6 Å². The van der Waals surface area contributed by atoms with Crippen molar-refractivity contribution in [3.05, 3.63) is 48.0 Å². The zero-order valence-corrected chi connectivity index (χ0v) is 11.1. The molecule has 19 heavy (non-hydrogen) atoms. The van der Waals surface area contributed by atoms with Gasteiger partial charge in [0.15, 0.2) is 0 Å². The van der Waals surface area contributed by atoms with Crippen LogP contribution in [0.4, 0.5) is 11.4 Å². The Kier molecular flexibility index (Phi) is 3.80. The maximum Gasteiger partial charge on any atom is 0.124 e.